The van der Waals surface area contributed by atoms with Gasteiger partial charge in [0.15, 0.2) is 5.78 Å². The Balaban J connectivity index is 4.22. The number of rotatable bonds is 3. The highest BCUT2D eigenvalue weighted by molar-refractivity contribution is 5.81. The second kappa shape index (κ2) is 3.86. The summed E-state index contributed by atoms with van der Waals surface area (Å²) in [4.78, 5) is 11.1. The Kier molecular flexibility index (Phi) is 3.73. The molecular weight excluding hydrogens is 140 g/mol. The SMILES string of the molecule is CCOC(C(C)=O)C(C)(C)C. The lowest BCUT2D eigenvalue weighted by atomic mass is 9.87. The highest BCUT2D eigenvalue weighted by Crippen LogP contribution is 2.22. The molecule has 0 N–H and O–H groups in total. The fourth-order valence-corrected chi connectivity index (χ4v) is 1.14. The van der Waals surface area contributed by atoms with E-state index in [1.165, 1.54) is 0 Å². The zero-order valence-electron chi connectivity index (χ0n) is 8.10. The number of hydrogen-bond acceptors (Lipinski definition) is 2. The molecule has 0 aromatic heterocycles. The molecule has 0 rings (SSSR count). The summed E-state index contributed by atoms with van der Waals surface area (Å²) in [6, 6.07) is 0. The van der Waals surface area contributed by atoms with E-state index in [-0.39, 0.29) is 17.3 Å². The minimum Gasteiger partial charge on any atom is -0.370 e. The van der Waals surface area contributed by atoms with Crippen molar-refractivity contribution in [2.45, 2.75) is 40.7 Å². The largest absolute Gasteiger partial charge is 0.370 e. The summed E-state index contributed by atoms with van der Waals surface area (Å²) in [7, 11) is 0. The van der Waals surface area contributed by atoms with Crippen LogP contribution in [0.25, 0.3) is 0 Å². The van der Waals surface area contributed by atoms with Crippen molar-refractivity contribution in [3.63, 3.8) is 0 Å². The van der Waals surface area contributed by atoms with Gasteiger partial charge < -0.3 is 4.74 Å². The lowest BCUT2D eigenvalue weighted by Gasteiger charge is -2.27. The summed E-state index contributed by atoms with van der Waals surface area (Å²) >= 11 is 0. The van der Waals surface area contributed by atoms with E-state index in [2.05, 4.69) is 0 Å². The highest BCUT2D eigenvalue weighted by atomic mass is 16.5. The standard InChI is InChI=1S/C9H18O2/c1-6-11-8(7(2)10)9(3,4)5/h8H,6H2,1-5H3. The molecular formula is C9H18O2. The van der Waals surface area contributed by atoms with E-state index in [4.69, 9.17) is 4.74 Å². The summed E-state index contributed by atoms with van der Waals surface area (Å²) in [5.74, 6) is 0.111. The number of ether oxygens (including phenoxy) is 1. The Bertz CT molecular complexity index is 133. The summed E-state index contributed by atoms with van der Waals surface area (Å²) < 4.78 is 5.32. The molecule has 0 heterocycles. The molecule has 1 atom stereocenters. The molecule has 0 saturated heterocycles. The van der Waals surface area contributed by atoms with Crippen LogP contribution in [0.5, 0.6) is 0 Å². The molecule has 0 aromatic carbocycles. The average Bonchev–Trinajstić information content (AvgIpc) is 1.79. The normalized spacial score (nSPS) is 14.6. The lowest BCUT2D eigenvalue weighted by molar-refractivity contribution is -0.134. The maximum Gasteiger partial charge on any atom is 0.159 e. The van der Waals surface area contributed by atoms with Crippen molar-refractivity contribution < 1.29 is 9.53 Å². The number of ketones is 1. The van der Waals surface area contributed by atoms with Gasteiger partial charge in [-0.15, -0.1) is 0 Å². The maximum absolute atomic E-state index is 11.1. The molecule has 66 valence electrons. The first-order chi connectivity index (χ1) is 4.89. The van der Waals surface area contributed by atoms with E-state index in [1.807, 2.05) is 27.7 Å². The minimum absolute atomic E-state index is 0.0815. The smallest absolute Gasteiger partial charge is 0.159 e. The molecule has 2 nitrogen and oxygen atoms in total. The van der Waals surface area contributed by atoms with Crippen molar-refractivity contribution in [2.75, 3.05) is 6.61 Å². The average molecular weight is 158 g/mol. The summed E-state index contributed by atoms with van der Waals surface area (Å²) in [6.07, 6.45) is -0.257. The molecule has 0 bridgehead atoms. The number of hydrogen-bond donors (Lipinski definition) is 0. The van der Waals surface area contributed by atoms with Crippen LogP contribution in [0.1, 0.15) is 34.6 Å². The Morgan fingerprint density at radius 3 is 2.00 bits per heavy atom. The molecule has 0 radical (unpaired) electrons. The first-order valence-electron chi connectivity index (χ1n) is 4.01. The van der Waals surface area contributed by atoms with Crippen LogP contribution in [-0.4, -0.2) is 18.5 Å². The predicted molar refractivity (Wildman–Crippen MR) is 45.6 cm³/mol. The van der Waals surface area contributed by atoms with Gasteiger partial charge in [-0.05, 0) is 19.3 Å². The topological polar surface area (TPSA) is 26.3 Å². The van der Waals surface area contributed by atoms with Gasteiger partial charge in [-0.25, -0.2) is 0 Å². The Hall–Kier alpha value is -0.370. The van der Waals surface area contributed by atoms with Crippen molar-refractivity contribution in [1.29, 1.82) is 0 Å². The van der Waals surface area contributed by atoms with E-state index in [0.717, 1.165) is 0 Å². The fraction of sp³-hybridized carbons (Fsp3) is 0.889. The maximum atomic E-state index is 11.1. The van der Waals surface area contributed by atoms with Gasteiger partial charge in [0.05, 0.1) is 0 Å². The van der Waals surface area contributed by atoms with E-state index >= 15 is 0 Å². The third-order valence-electron chi connectivity index (χ3n) is 1.49. The van der Waals surface area contributed by atoms with E-state index in [9.17, 15) is 4.79 Å². The van der Waals surface area contributed by atoms with Crippen LogP contribution in [0.15, 0.2) is 0 Å². The summed E-state index contributed by atoms with van der Waals surface area (Å²) in [5, 5.41) is 0. The quantitative estimate of drug-likeness (QED) is 0.628. The molecule has 0 spiro atoms. The van der Waals surface area contributed by atoms with Crippen LogP contribution in [0, 0.1) is 5.41 Å². The molecule has 0 aliphatic carbocycles. The predicted octanol–water partition coefficient (Wildman–Crippen LogP) is 2.03. The molecule has 11 heavy (non-hydrogen) atoms. The summed E-state index contributed by atoms with van der Waals surface area (Å²) in [5.41, 5.74) is -0.0815. The van der Waals surface area contributed by atoms with Crippen LogP contribution in [-0.2, 0) is 9.53 Å². The van der Waals surface area contributed by atoms with Gasteiger partial charge >= 0.3 is 0 Å². The van der Waals surface area contributed by atoms with Crippen LogP contribution in [0.2, 0.25) is 0 Å². The second-order valence-electron chi connectivity index (χ2n) is 3.81. The molecule has 1 unspecified atom stereocenters. The van der Waals surface area contributed by atoms with Gasteiger partial charge in [0, 0.05) is 6.61 Å². The fourth-order valence-electron chi connectivity index (χ4n) is 1.14. The molecule has 0 amide bonds. The van der Waals surface area contributed by atoms with Crippen molar-refractivity contribution in [2.24, 2.45) is 5.41 Å². The molecule has 0 aliphatic heterocycles. The Labute approximate surface area is 68.9 Å². The number of carbonyl (C=O) groups excluding carboxylic acids is 1. The number of carbonyl (C=O) groups is 1. The molecule has 0 aliphatic rings. The zero-order valence-corrected chi connectivity index (χ0v) is 8.10. The molecule has 2 heteroatoms. The van der Waals surface area contributed by atoms with Gasteiger partial charge in [0.2, 0.25) is 0 Å². The van der Waals surface area contributed by atoms with Crippen molar-refractivity contribution in [3.05, 3.63) is 0 Å². The van der Waals surface area contributed by atoms with E-state index in [0.29, 0.717) is 6.61 Å². The number of Topliss-reactive ketones (excluding diaryl/α,β-unsaturated/α-hetero) is 1. The van der Waals surface area contributed by atoms with E-state index < -0.39 is 0 Å². The van der Waals surface area contributed by atoms with Crippen molar-refractivity contribution in [1.82, 2.24) is 0 Å². The van der Waals surface area contributed by atoms with Gasteiger partial charge in [-0.2, -0.15) is 0 Å². The molecule has 0 fully saturated rings. The Morgan fingerprint density at radius 2 is 1.91 bits per heavy atom. The third kappa shape index (κ3) is 3.51. The Morgan fingerprint density at radius 1 is 1.45 bits per heavy atom. The van der Waals surface area contributed by atoms with E-state index in [1.54, 1.807) is 6.92 Å². The lowest BCUT2D eigenvalue weighted by Crippen LogP contribution is -2.35. The van der Waals surface area contributed by atoms with Crippen LogP contribution in [0.4, 0.5) is 0 Å². The van der Waals surface area contributed by atoms with Crippen LogP contribution in [0.3, 0.4) is 0 Å². The van der Waals surface area contributed by atoms with Crippen molar-refractivity contribution in [3.8, 4) is 0 Å². The minimum atomic E-state index is -0.257. The van der Waals surface area contributed by atoms with Crippen molar-refractivity contribution >= 4 is 5.78 Å². The monoisotopic (exact) mass is 158 g/mol. The first kappa shape index (κ1) is 10.6. The first-order valence-corrected chi connectivity index (χ1v) is 4.01. The van der Waals surface area contributed by atoms with Gasteiger partial charge in [-0.3, -0.25) is 4.79 Å². The van der Waals surface area contributed by atoms with Gasteiger partial charge in [-0.1, -0.05) is 20.8 Å². The molecule has 0 saturated carbocycles. The van der Waals surface area contributed by atoms with Gasteiger partial charge in [0.1, 0.15) is 6.10 Å². The van der Waals surface area contributed by atoms with Crippen LogP contribution >= 0.6 is 0 Å². The zero-order chi connectivity index (χ0) is 9.07. The second-order valence-corrected chi connectivity index (χ2v) is 3.81. The van der Waals surface area contributed by atoms with Gasteiger partial charge in [0.25, 0.3) is 0 Å². The third-order valence-corrected chi connectivity index (χ3v) is 1.49. The van der Waals surface area contributed by atoms with Crippen LogP contribution < -0.4 is 0 Å². The highest BCUT2D eigenvalue weighted by Gasteiger charge is 2.28. The summed E-state index contributed by atoms with van der Waals surface area (Å²) in [6.45, 7) is 10.1. The molecule has 0 aromatic rings.